The lowest BCUT2D eigenvalue weighted by atomic mass is 10.1. The van der Waals surface area contributed by atoms with Gasteiger partial charge in [-0.1, -0.05) is 30.0 Å². The van der Waals surface area contributed by atoms with E-state index in [1.54, 1.807) is 13.0 Å². The molecule has 0 fully saturated rings. The van der Waals surface area contributed by atoms with E-state index in [9.17, 15) is 22.4 Å². The summed E-state index contributed by atoms with van der Waals surface area (Å²) in [4.78, 5) is 16.8. The number of alkyl halides is 3. The molecule has 1 N–H and O–H groups in total. The lowest BCUT2D eigenvalue weighted by Crippen LogP contribution is -2.17. The van der Waals surface area contributed by atoms with Crippen molar-refractivity contribution in [3.05, 3.63) is 57.8 Å². The highest BCUT2D eigenvalue weighted by Crippen LogP contribution is 2.35. The number of nitrogens with zero attached hydrogens (tertiary/aromatic N) is 1. The molecule has 0 spiro atoms. The molecule has 2 aromatic rings. The van der Waals surface area contributed by atoms with Gasteiger partial charge >= 0.3 is 6.18 Å². The highest BCUT2D eigenvalue weighted by molar-refractivity contribution is 7.99. The molecule has 1 heterocycles. The van der Waals surface area contributed by atoms with Crippen LogP contribution in [0.3, 0.4) is 0 Å². The molecule has 1 atom stereocenters. The largest absolute Gasteiger partial charge is 0.433 e. The molecule has 0 radical (unpaired) electrons. The number of hydrogen-bond donors (Lipinski definition) is 1. The molecule has 3 nitrogen and oxygen atoms in total. The Hall–Kier alpha value is -1.83. The molecule has 1 aromatic heterocycles. The topological polar surface area (TPSA) is 45.8 Å². The van der Waals surface area contributed by atoms with E-state index in [0.717, 1.165) is 11.8 Å². The zero-order valence-electron chi connectivity index (χ0n) is 10.7. The number of aromatic nitrogens is 2. The van der Waals surface area contributed by atoms with E-state index in [-0.39, 0.29) is 5.16 Å². The third-order valence-corrected chi connectivity index (χ3v) is 3.67. The van der Waals surface area contributed by atoms with Gasteiger partial charge in [0.1, 0.15) is 5.82 Å². The average molecular weight is 318 g/mol. The fourth-order valence-corrected chi connectivity index (χ4v) is 2.64. The van der Waals surface area contributed by atoms with Crippen LogP contribution in [-0.4, -0.2) is 9.97 Å². The van der Waals surface area contributed by atoms with Crippen molar-refractivity contribution < 1.29 is 17.6 Å². The Morgan fingerprint density at radius 2 is 1.95 bits per heavy atom. The van der Waals surface area contributed by atoms with E-state index < -0.39 is 28.5 Å². The van der Waals surface area contributed by atoms with Crippen LogP contribution in [0.1, 0.15) is 23.4 Å². The minimum absolute atomic E-state index is 0.203. The van der Waals surface area contributed by atoms with E-state index in [1.807, 2.05) is 0 Å². The van der Waals surface area contributed by atoms with Gasteiger partial charge in [0.15, 0.2) is 10.9 Å². The highest BCUT2D eigenvalue weighted by Gasteiger charge is 2.33. The summed E-state index contributed by atoms with van der Waals surface area (Å²) in [6, 6.07) is 6.31. The van der Waals surface area contributed by atoms with Crippen LogP contribution in [-0.2, 0) is 6.18 Å². The van der Waals surface area contributed by atoms with E-state index in [4.69, 9.17) is 0 Å². The van der Waals surface area contributed by atoms with Crippen LogP contribution in [0.15, 0.2) is 40.3 Å². The van der Waals surface area contributed by atoms with Crippen molar-refractivity contribution >= 4 is 11.8 Å². The molecular weight excluding hydrogens is 308 g/mol. The molecule has 0 amide bonds. The van der Waals surface area contributed by atoms with Crippen LogP contribution in [0.4, 0.5) is 17.6 Å². The second kappa shape index (κ2) is 5.88. The second-order valence-electron chi connectivity index (χ2n) is 4.22. The summed E-state index contributed by atoms with van der Waals surface area (Å²) in [5.74, 6) is -0.466. The van der Waals surface area contributed by atoms with Gasteiger partial charge in [-0.3, -0.25) is 4.79 Å². The van der Waals surface area contributed by atoms with Crippen LogP contribution in [0.2, 0.25) is 0 Å². The lowest BCUT2D eigenvalue weighted by molar-refractivity contribution is -0.141. The Kier molecular flexibility index (Phi) is 4.36. The normalized spacial score (nSPS) is 13.2. The van der Waals surface area contributed by atoms with Gasteiger partial charge in [-0.05, 0) is 13.0 Å². The Morgan fingerprint density at radius 3 is 2.57 bits per heavy atom. The summed E-state index contributed by atoms with van der Waals surface area (Å²) in [6.07, 6.45) is -4.70. The average Bonchev–Trinajstić information content (AvgIpc) is 2.37. The number of nitrogens with one attached hydrogen (secondary N) is 1. The smallest absolute Gasteiger partial charge is 0.301 e. The zero-order chi connectivity index (χ0) is 15.6. The summed E-state index contributed by atoms with van der Waals surface area (Å²) < 4.78 is 51.4. The van der Waals surface area contributed by atoms with Gasteiger partial charge in [-0.25, -0.2) is 9.37 Å². The first-order valence-corrected chi connectivity index (χ1v) is 6.75. The van der Waals surface area contributed by atoms with Gasteiger partial charge < -0.3 is 4.98 Å². The molecule has 0 saturated carbocycles. The van der Waals surface area contributed by atoms with Gasteiger partial charge in [0.25, 0.3) is 5.56 Å². The number of aromatic amines is 1. The molecule has 21 heavy (non-hydrogen) atoms. The van der Waals surface area contributed by atoms with E-state index >= 15 is 0 Å². The molecule has 0 aliphatic rings. The molecule has 1 aromatic carbocycles. The predicted molar refractivity (Wildman–Crippen MR) is 70.5 cm³/mol. The van der Waals surface area contributed by atoms with Gasteiger partial charge in [0, 0.05) is 16.9 Å². The SMILES string of the molecule is CC(Sc1nc(C(F)(F)F)cc(=O)[nH]1)c1ccccc1F. The molecule has 2 rings (SSSR count). The first kappa shape index (κ1) is 15.6. The third-order valence-electron chi connectivity index (χ3n) is 2.64. The third kappa shape index (κ3) is 3.84. The first-order valence-electron chi connectivity index (χ1n) is 5.87. The summed E-state index contributed by atoms with van der Waals surface area (Å²) in [7, 11) is 0. The van der Waals surface area contributed by atoms with Crippen molar-refractivity contribution in [3.63, 3.8) is 0 Å². The quantitative estimate of drug-likeness (QED) is 0.532. The van der Waals surface area contributed by atoms with Crippen molar-refractivity contribution in [3.8, 4) is 0 Å². The Morgan fingerprint density at radius 1 is 1.29 bits per heavy atom. The van der Waals surface area contributed by atoms with Gasteiger partial charge in [0.2, 0.25) is 0 Å². The van der Waals surface area contributed by atoms with Crippen molar-refractivity contribution in [2.45, 2.75) is 23.5 Å². The predicted octanol–water partition coefficient (Wildman–Crippen LogP) is 3.78. The van der Waals surface area contributed by atoms with Gasteiger partial charge in [-0.15, -0.1) is 0 Å². The Bertz CT molecular complexity index is 699. The standard InChI is InChI=1S/C13H10F4N2OS/c1-7(8-4-2-3-5-9(8)14)21-12-18-10(13(15,16)17)6-11(20)19-12/h2-7H,1H3,(H,18,19,20). The summed E-state index contributed by atoms with van der Waals surface area (Å²) in [6.45, 7) is 1.61. The van der Waals surface area contributed by atoms with Crippen molar-refractivity contribution in [2.75, 3.05) is 0 Å². The van der Waals surface area contributed by atoms with Crippen molar-refractivity contribution in [1.29, 1.82) is 0 Å². The molecule has 0 bridgehead atoms. The fourth-order valence-electron chi connectivity index (χ4n) is 1.67. The number of hydrogen-bond acceptors (Lipinski definition) is 3. The molecule has 0 saturated heterocycles. The maximum Gasteiger partial charge on any atom is 0.433 e. The minimum Gasteiger partial charge on any atom is -0.301 e. The van der Waals surface area contributed by atoms with Crippen molar-refractivity contribution in [1.82, 2.24) is 9.97 Å². The Labute approximate surface area is 121 Å². The first-order chi connectivity index (χ1) is 9.77. The van der Waals surface area contributed by atoms with Crippen LogP contribution < -0.4 is 5.56 Å². The zero-order valence-corrected chi connectivity index (χ0v) is 11.6. The van der Waals surface area contributed by atoms with Gasteiger partial charge in [-0.2, -0.15) is 13.2 Å². The van der Waals surface area contributed by atoms with E-state index in [0.29, 0.717) is 11.6 Å². The monoisotopic (exact) mass is 318 g/mol. The van der Waals surface area contributed by atoms with Crippen molar-refractivity contribution in [2.24, 2.45) is 0 Å². The summed E-state index contributed by atoms with van der Waals surface area (Å²) >= 11 is 0.849. The van der Waals surface area contributed by atoms with Crippen LogP contribution >= 0.6 is 11.8 Å². The molecular formula is C13H10F4N2OS. The van der Waals surface area contributed by atoms with Crippen LogP contribution in [0, 0.1) is 5.82 Å². The summed E-state index contributed by atoms with van der Waals surface area (Å²) in [5, 5.41) is -0.705. The minimum atomic E-state index is -4.70. The summed E-state index contributed by atoms with van der Waals surface area (Å²) in [5.41, 5.74) is -1.85. The molecule has 0 aliphatic heterocycles. The number of thioether (sulfide) groups is 1. The number of rotatable bonds is 3. The fraction of sp³-hybridized carbons (Fsp3) is 0.231. The van der Waals surface area contributed by atoms with Crippen LogP contribution in [0.5, 0.6) is 0 Å². The number of benzene rings is 1. The highest BCUT2D eigenvalue weighted by atomic mass is 32.2. The molecule has 0 aliphatic carbocycles. The molecule has 8 heteroatoms. The maximum absolute atomic E-state index is 13.6. The number of halogens is 4. The molecule has 112 valence electrons. The molecule has 1 unspecified atom stereocenters. The van der Waals surface area contributed by atoms with E-state index in [1.165, 1.54) is 18.2 Å². The second-order valence-corrected chi connectivity index (χ2v) is 5.54. The van der Waals surface area contributed by atoms with Gasteiger partial charge in [0.05, 0.1) is 0 Å². The number of H-pyrrole nitrogens is 1. The van der Waals surface area contributed by atoms with Crippen LogP contribution in [0.25, 0.3) is 0 Å². The maximum atomic E-state index is 13.6. The Balaban J connectivity index is 2.30. The van der Waals surface area contributed by atoms with E-state index in [2.05, 4.69) is 9.97 Å². The lowest BCUT2D eigenvalue weighted by Gasteiger charge is -2.12.